The lowest BCUT2D eigenvalue weighted by Crippen LogP contribution is -2.35. The van der Waals surface area contributed by atoms with Crippen molar-refractivity contribution in [1.29, 1.82) is 0 Å². The van der Waals surface area contributed by atoms with Crippen LogP contribution < -0.4 is 5.32 Å². The second-order valence-electron chi connectivity index (χ2n) is 5.38. The number of halogens is 1. The highest BCUT2D eigenvalue weighted by atomic mass is 79.9. The van der Waals surface area contributed by atoms with Crippen molar-refractivity contribution in [3.63, 3.8) is 0 Å². The van der Waals surface area contributed by atoms with Gasteiger partial charge in [-0.05, 0) is 48.3 Å². The van der Waals surface area contributed by atoms with Gasteiger partial charge in [-0.15, -0.1) is 11.3 Å². The van der Waals surface area contributed by atoms with Crippen molar-refractivity contribution in [3.05, 3.63) is 14.7 Å². The number of sulfonamides is 1. The summed E-state index contributed by atoms with van der Waals surface area (Å²) in [5.41, 5.74) is 0. The largest absolute Gasteiger partial charge is 0.315 e. The molecule has 116 valence electrons. The first-order chi connectivity index (χ1) is 9.20. The molecule has 7 heteroatoms. The molecule has 0 saturated carbocycles. The minimum Gasteiger partial charge on any atom is -0.315 e. The number of hydrogen-bond acceptors (Lipinski definition) is 4. The van der Waals surface area contributed by atoms with Crippen LogP contribution in [-0.2, 0) is 16.6 Å². The molecule has 4 nitrogen and oxygen atoms in total. The fourth-order valence-corrected chi connectivity index (χ4v) is 6.07. The van der Waals surface area contributed by atoms with Crippen molar-refractivity contribution in [3.8, 4) is 0 Å². The Morgan fingerprint density at radius 3 is 2.50 bits per heavy atom. The van der Waals surface area contributed by atoms with Crippen LogP contribution in [0.5, 0.6) is 0 Å². The molecule has 0 aliphatic heterocycles. The third-order valence-corrected chi connectivity index (χ3v) is 7.37. The summed E-state index contributed by atoms with van der Waals surface area (Å²) < 4.78 is 27.5. The van der Waals surface area contributed by atoms with Crippen molar-refractivity contribution in [2.24, 2.45) is 5.92 Å². The monoisotopic (exact) mass is 382 g/mol. The second kappa shape index (κ2) is 7.35. The van der Waals surface area contributed by atoms with E-state index in [0.29, 0.717) is 21.1 Å². The average molecular weight is 383 g/mol. The highest BCUT2D eigenvalue weighted by molar-refractivity contribution is 9.11. The summed E-state index contributed by atoms with van der Waals surface area (Å²) in [5.74, 6) is 0.466. The smallest absolute Gasteiger partial charge is 0.245 e. The molecular weight excluding hydrogens is 360 g/mol. The molecule has 1 aromatic rings. The summed E-state index contributed by atoms with van der Waals surface area (Å²) >= 11 is 4.83. The summed E-state index contributed by atoms with van der Waals surface area (Å²) in [6.45, 7) is 6.82. The Labute approximate surface area is 134 Å². The molecule has 0 saturated heterocycles. The molecule has 1 atom stereocenters. The van der Waals surface area contributed by atoms with Crippen LogP contribution in [0.15, 0.2) is 14.7 Å². The Bertz CT molecular complexity index is 541. The molecular formula is C13H23BrN2O2S2. The van der Waals surface area contributed by atoms with Crippen molar-refractivity contribution in [2.45, 2.75) is 44.7 Å². The fourth-order valence-electron chi connectivity index (χ4n) is 2.06. The highest BCUT2D eigenvalue weighted by Gasteiger charge is 2.29. The molecule has 20 heavy (non-hydrogen) atoms. The van der Waals surface area contributed by atoms with Crippen LogP contribution in [-0.4, -0.2) is 32.9 Å². The van der Waals surface area contributed by atoms with E-state index >= 15 is 0 Å². The Kier molecular flexibility index (Phi) is 6.66. The molecule has 0 amide bonds. The van der Waals surface area contributed by atoms with Crippen LogP contribution in [0.4, 0.5) is 0 Å². The van der Waals surface area contributed by atoms with Crippen LogP contribution in [0.2, 0.25) is 0 Å². The second-order valence-corrected chi connectivity index (χ2v) is 9.80. The molecule has 1 rings (SSSR count). The van der Waals surface area contributed by atoms with Gasteiger partial charge in [0.2, 0.25) is 10.0 Å². The maximum absolute atomic E-state index is 12.7. The molecule has 0 aliphatic rings. The molecule has 0 fully saturated rings. The molecule has 0 aliphatic carbocycles. The number of rotatable bonds is 7. The summed E-state index contributed by atoms with van der Waals surface area (Å²) in [6.07, 6.45) is 0.848. The molecule has 0 radical (unpaired) electrons. The van der Waals surface area contributed by atoms with E-state index in [2.05, 4.69) is 35.1 Å². The zero-order valence-corrected chi connectivity index (χ0v) is 15.8. The number of nitrogens with zero attached hydrogens (tertiary/aromatic N) is 1. The van der Waals surface area contributed by atoms with Crippen LogP contribution in [0, 0.1) is 5.92 Å². The zero-order chi connectivity index (χ0) is 15.5. The lowest BCUT2D eigenvalue weighted by Gasteiger charge is -2.25. The highest BCUT2D eigenvalue weighted by Crippen LogP contribution is 2.34. The minimum absolute atomic E-state index is 0.0143. The topological polar surface area (TPSA) is 49.4 Å². The van der Waals surface area contributed by atoms with E-state index in [1.165, 1.54) is 15.6 Å². The number of hydrogen-bond donors (Lipinski definition) is 1. The van der Waals surface area contributed by atoms with E-state index in [4.69, 9.17) is 0 Å². The van der Waals surface area contributed by atoms with Gasteiger partial charge in [0.1, 0.15) is 4.90 Å². The van der Waals surface area contributed by atoms with Gasteiger partial charge < -0.3 is 5.32 Å². The molecule has 0 bridgehead atoms. The van der Waals surface area contributed by atoms with Crippen molar-refractivity contribution in [2.75, 3.05) is 14.1 Å². The first kappa shape index (κ1) is 18.1. The maximum Gasteiger partial charge on any atom is 0.245 e. The van der Waals surface area contributed by atoms with Gasteiger partial charge in [0.25, 0.3) is 0 Å². The minimum atomic E-state index is -3.44. The quantitative estimate of drug-likeness (QED) is 0.786. The van der Waals surface area contributed by atoms with Gasteiger partial charge in [-0.2, -0.15) is 4.31 Å². The van der Waals surface area contributed by atoms with E-state index in [1.54, 1.807) is 13.1 Å². The molecule has 1 unspecified atom stereocenters. The SMILES string of the molecule is CNCc1cc(S(=O)(=O)N(C)C(C)CC(C)C)c(Br)s1. The van der Waals surface area contributed by atoms with Gasteiger partial charge in [0.15, 0.2) is 0 Å². The van der Waals surface area contributed by atoms with E-state index < -0.39 is 10.0 Å². The summed E-state index contributed by atoms with van der Waals surface area (Å²) in [7, 11) is 0.0599. The predicted octanol–water partition coefficient (Wildman–Crippen LogP) is 3.29. The predicted molar refractivity (Wildman–Crippen MR) is 88.6 cm³/mol. The molecule has 1 heterocycles. The lowest BCUT2D eigenvalue weighted by atomic mass is 10.1. The van der Waals surface area contributed by atoms with Gasteiger partial charge in [-0.1, -0.05) is 13.8 Å². The standard InChI is InChI=1S/C13H23BrN2O2S2/c1-9(2)6-10(3)16(5)20(17,18)12-7-11(8-15-4)19-13(12)14/h7,9-10,15H,6,8H2,1-5H3. The van der Waals surface area contributed by atoms with Gasteiger partial charge in [0.05, 0.1) is 3.79 Å². The number of nitrogens with one attached hydrogen (secondary N) is 1. The maximum atomic E-state index is 12.7. The summed E-state index contributed by atoms with van der Waals surface area (Å²) in [6, 6.07) is 1.73. The van der Waals surface area contributed by atoms with Crippen LogP contribution >= 0.6 is 27.3 Å². The lowest BCUT2D eigenvalue weighted by molar-refractivity contribution is 0.338. The fraction of sp³-hybridized carbons (Fsp3) is 0.692. The third-order valence-electron chi connectivity index (χ3n) is 3.15. The van der Waals surface area contributed by atoms with Gasteiger partial charge in [-0.25, -0.2) is 8.42 Å². The van der Waals surface area contributed by atoms with Crippen LogP contribution in [0.25, 0.3) is 0 Å². The van der Waals surface area contributed by atoms with Gasteiger partial charge >= 0.3 is 0 Å². The summed E-state index contributed by atoms with van der Waals surface area (Å²) in [5, 5.41) is 3.04. The zero-order valence-electron chi connectivity index (χ0n) is 12.6. The van der Waals surface area contributed by atoms with Crippen molar-refractivity contribution >= 4 is 37.3 Å². The van der Waals surface area contributed by atoms with Gasteiger partial charge in [0, 0.05) is 24.5 Å². The van der Waals surface area contributed by atoms with E-state index in [-0.39, 0.29) is 6.04 Å². The van der Waals surface area contributed by atoms with Crippen molar-refractivity contribution < 1.29 is 8.42 Å². The van der Waals surface area contributed by atoms with Crippen LogP contribution in [0.1, 0.15) is 32.1 Å². The number of thiophene rings is 1. The van der Waals surface area contributed by atoms with Crippen LogP contribution in [0.3, 0.4) is 0 Å². The van der Waals surface area contributed by atoms with Crippen molar-refractivity contribution in [1.82, 2.24) is 9.62 Å². The average Bonchev–Trinajstić information content (AvgIpc) is 2.69. The molecule has 0 aromatic carbocycles. The first-order valence-corrected chi connectivity index (χ1v) is 9.66. The van der Waals surface area contributed by atoms with E-state index in [1.807, 2.05) is 14.0 Å². The van der Waals surface area contributed by atoms with Gasteiger partial charge in [-0.3, -0.25) is 0 Å². The Balaban J connectivity index is 3.03. The molecule has 0 spiro atoms. The molecule has 1 aromatic heterocycles. The Hall–Kier alpha value is 0.0500. The third kappa shape index (κ3) is 4.27. The summed E-state index contributed by atoms with van der Waals surface area (Å²) in [4.78, 5) is 1.37. The first-order valence-electron chi connectivity index (χ1n) is 6.61. The van der Waals surface area contributed by atoms with E-state index in [0.717, 1.165) is 11.3 Å². The van der Waals surface area contributed by atoms with E-state index in [9.17, 15) is 8.42 Å². The Morgan fingerprint density at radius 2 is 2.00 bits per heavy atom. The Morgan fingerprint density at radius 1 is 1.40 bits per heavy atom. The molecule has 1 N–H and O–H groups in total. The normalized spacial score (nSPS) is 14.2.